The first-order chi connectivity index (χ1) is 12.0. The Bertz CT molecular complexity index is 409. The minimum Gasteiger partial charge on any atom is -0.478 e. The van der Waals surface area contributed by atoms with Crippen molar-refractivity contribution < 1.29 is 30.0 Å². The molecule has 4 N–H and O–H groups in total. The Kier molecular flexibility index (Phi) is 13.8. The molecule has 0 atom stereocenters. The summed E-state index contributed by atoms with van der Waals surface area (Å²) in [5.41, 5.74) is 0.116. The maximum Gasteiger partial charge on any atom is 0.330 e. The van der Waals surface area contributed by atoms with E-state index in [9.17, 15) is 19.8 Å². The van der Waals surface area contributed by atoms with Crippen molar-refractivity contribution in [2.24, 2.45) is 17.3 Å². The van der Waals surface area contributed by atoms with Gasteiger partial charge in [-0.2, -0.15) is 0 Å². The molecule has 0 aromatic heterocycles. The summed E-state index contributed by atoms with van der Waals surface area (Å²) in [6, 6.07) is 0. The lowest BCUT2D eigenvalue weighted by Crippen LogP contribution is -2.43. The van der Waals surface area contributed by atoms with Crippen LogP contribution in [0, 0.1) is 17.3 Å². The second kappa shape index (κ2) is 13.5. The molecule has 0 amide bonds. The molecule has 0 aromatic rings. The van der Waals surface area contributed by atoms with Crippen LogP contribution in [-0.4, -0.2) is 45.6 Å². The van der Waals surface area contributed by atoms with Gasteiger partial charge in [0.15, 0.2) is 0 Å². The van der Waals surface area contributed by atoms with Gasteiger partial charge in [-0.15, -0.1) is 0 Å². The Hall–Kier alpha value is -1.66. The summed E-state index contributed by atoms with van der Waals surface area (Å²) in [5, 5.41) is 34.9. The lowest BCUT2D eigenvalue weighted by atomic mass is 9.64. The number of aliphatic hydroxyl groups is 2. The average molecular weight is 373 g/mol. The van der Waals surface area contributed by atoms with Crippen molar-refractivity contribution in [2.75, 3.05) is 13.2 Å². The molecule has 6 nitrogen and oxygen atoms in total. The number of aliphatic hydroxyl groups excluding tert-OH is 2. The van der Waals surface area contributed by atoms with E-state index < -0.39 is 11.9 Å². The van der Waals surface area contributed by atoms with E-state index in [4.69, 9.17) is 10.2 Å². The topological polar surface area (TPSA) is 115 Å². The van der Waals surface area contributed by atoms with Crippen LogP contribution in [0.25, 0.3) is 0 Å². The molecule has 0 heterocycles. The Balaban J connectivity index is 0. The third-order valence-electron chi connectivity index (χ3n) is 4.89. The monoisotopic (exact) mass is 372 g/mol. The Morgan fingerprint density at radius 1 is 0.923 bits per heavy atom. The molecule has 0 unspecified atom stereocenters. The number of aliphatic carboxylic acids is 2. The Morgan fingerprint density at radius 2 is 1.23 bits per heavy atom. The molecular formula is C20H36O6. The van der Waals surface area contributed by atoms with Gasteiger partial charge in [-0.05, 0) is 38.5 Å². The maximum absolute atomic E-state index is 9.60. The first kappa shape index (κ1) is 26.6. The van der Waals surface area contributed by atoms with Gasteiger partial charge in [0.05, 0.1) is 13.2 Å². The molecule has 1 aliphatic rings. The Morgan fingerprint density at radius 3 is 1.42 bits per heavy atom. The van der Waals surface area contributed by atoms with Crippen molar-refractivity contribution in [1.82, 2.24) is 0 Å². The first-order valence-electron chi connectivity index (χ1n) is 8.95. The van der Waals surface area contributed by atoms with Crippen LogP contribution in [0.4, 0.5) is 0 Å². The van der Waals surface area contributed by atoms with E-state index in [0.29, 0.717) is 11.8 Å². The van der Waals surface area contributed by atoms with Gasteiger partial charge in [0, 0.05) is 16.6 Å². The summed E-state index contributed by atoms with van der Waals surface area (Å²) in [4.78, 5) is 19.2. The van der Waals surface area contributed by atoms with E-state index in [-0.39, 0.29) is 29.8 Å². The van der Waals surface area contributed by atoms with E-state index >= 15 is 0 Å². The van der Waals surface area contributed by atoms with Crippen LogP contribution in [-0.2, 0) is 9.59 Å². The zero-order valence-electron chi connectivity index (χ0n) is 16.6. The largest absolute Gasteiger partial charge is 0.478 e. The number of carboxylic acids is 2. The van der Waals surface area contributed by atoms with Crippen molar-refractivity contribution in [2.45, 2.75) is 59.8 Å². The summed E-state index contributed by atoms with van der Waals surface area (Å²) >= 11 is 0. The number of hydrogen-bond donors (Lipinski definition) is 4. The minimum absolute atomic E-state index is 0.131. The van der Waals surface area contributed by atoms with Gasteiger partial charge < -0.3 is 20.4 Å². The number of carbonyl (C=O) groups is 2. The third kappa shape index (κ3) is 9.73. The molecule has 1 saturated carbocycles. The number of hydrogen-bond acceptors (Lipinski definition) is 4. The van der Waals surface area contributed by atoms with E-state index in [1.807, 2.05) is 0 Å². The van der Waals surface area contributed by atoms with Crippen molar-refractivity contribution in [3.8, 4) is 0 Å². The van der Waals surface area contributed by atoms with E-state index in [1.165, 1.54) is 46.0 Å². The first-order valence-corrected chi connectivity index (χ1v) is 8.95. The standard InChI is InChI=1S/C12H24O2.2C4H6O2/c1-10(2)12(8-13,9-14)11-6-4-3-5-7-11;2*1-3(2)4(5)6/h10-11,13-14H,3-9H2,1-2H3;2*1H2,2H3,(H,5,6). The van der Waals surface area contributed by atoms with Crippen LogP contribution < -0.4 is 0 Å². The highest BCUT2D eigenvalue weighted by molar-refractivity contribution is 5.85. The quantitative estimate of drug-likeness (QED) is 0.531. The molecular weight excluding hydrogens is 336 g/mol. The van der Waals surface area contributed by atoms with Crippen molar-refractivity contribution in [3.63, 3.8) is 0 Å². The lowest BCUT2D eigenvalue weighted by Gasteiger charge is -2.43. The second-order valence-corrected chi connectivity index (χ2v) is 7.21. The van der Waals surface area contributed by atoms with Crippen LogP contribution in [0.15, 0.2) is 24.3 Å². The molecule has 1 aliphatic carbocycles. The summed E-state index contributed by atoms with van der Waals surface area (Å²) in [6.45, 7) is 13.7. The predicted molar refractivity (Wildman–Crippen MR) is 103 cm³/mol. The molecule has 0 aromatic carbocycles. The van der Waals surface area contributed by atoms with Gasteiger partial charge in [0.2, 0.25) is 0 Å². The second-order valence-electron chi connectivity index (χ2n) is 7.21. The zero-order chi connectivity index (χ0) is 20.9. The van der Waals surface area contributed by atoms with Gasteiger partial charge in [-0.1, -0.05) is 46.3 Å². The van der Waals surface area contributed by atoms with Gasteiger partial charge in [-0.3, -0.25) is 0 Å². The van der Waals surface area contributed by atoms with Crippen LogP contribution in [0.1, 0.15) is 59.8 Å². The summed E-state index contributed by atoms with van der Waals surface area (Å²) in [5.74, 6) is -0.989. The fourth-order valence-corrected chi connectivity index (χ4v) is 2.82. The SMILES string of the molecule is C=C(C)C(=O)O.C=C(C)C(=O)O.CC(C)C(CO)(CO)C1CCCCC1. The maximum atomic E-state index is 9.60. The molecule has 1 fully saturated rings. The predicted octanol–water partition coefficient (Wildman–Crippen LogP) is 3.49. The molecule has 0 bridgehead atoms. The molecule has 1 rings (SSSR count). The highest BCUT2D eigenvalue weighted by Gasteiger charge is 2.40. The van der Waals surface area contributed by atoms with E-state index in [1.54, 1.807) is 0 Å². The smallest absolute Gasteiger partial charge is 0.330 e. The fraction of sp³-hybridized carbons (Fsp3) is 0.700. The molecule has 0 spiro atoms. The Labute approximate surface area is 157 Å². The summed E-state index contributed by atoms with van der Waals surface area (Å²) in [7, 11) is 0. The number of rotatable bonds is 6. The summed E-state index contributed by atoms with van der Waals surface area (Å²) in [6.07, 6.45) is 6.21. The molecule has 0 aliphatic heterocycles. The van der Waals surface area contributed by atoms with Crippen LogP contribution in [0.5, 0.6) is 0 Å². The van der Waals surface area contributed by atoms with Crippen LogP contribution in [0.2, 0.25) is 0 Å². The van der Waals surface area contributed by atoms with Crippen LogP contribution in [0.3, 0.4) is 0 Å². The summed E-state index contributed by atoms with van der Waals surface area (Å²) < 4.78 is 0. The number of carboxylic acid groups (broad SMARTS) is 2. The van der Waals surface area contributed by atoms with Crippen LogP contribution >= 0.6 is 0 Å². The van der Waals surface area contributed by atoms with Gasteiger partial charge in [0.25, 0.3) is 0 Å². The molecule has 26 heavy (non-hydrogen) atoms. The fourth-order valence-electron chi connectivity index (χ4n) is 2.82. The van der Waals surface area contributed by atoms with Gasteiger partial charge in [-0.25, -0.2) is 9.59 Å². The van der Waals surface area contributed by atoms with E-state index in [2.05, 4.69) is 27.0 Å². The van der Waals surface area contributed by atoms with Crippen molar-refractivity contribution >= 4 is 11.9 Å². The van der Waals surface area contributed by atoms with Gasteiger partial charge in [0.1, 0.15) is 0 Å². The van der Waals surface area contributed by atoms with Crippen molar-refractivity contribution in [1.29, 1.82) is 0 Å². The van der Waals surface area contributed by atoms with Gasteiger partial charge >= 0.3 is 11.9 Å². The highest BCUT2D eigenvalue weighted by Crippen LogP contribution is 2.43. The highest BCUT2D eigenvalue weighted by atomic mass is 16.4. The lowest BCUT2D eigenvalue weighted by molar-refractivity contribution is -0.133. The molecule has 152 valence electrons. The molecule has 0 saturated heterocycles. The molecule has 6 heteroatoms. The zero-order valence-corrected chi connectivity index (χ0v) is 16.6. The van der Waals surface area contributed by atoms with E-state index in [0.717, 1.165) is 0 Å². The minimum atomic E-state index is -0.935. The average Bonchev–Trinajstić information content (AvgIpc) is 2.58. The third-order valence-corrected chi connectivity index (χ3v) is 4.89. The normalized spacial score (nSPS) is 14.4. The van der Waals surface area contributed by atoms with Crippen molar-refractivity contribution in [3.05, 3.63) is 24.3 Å². The molecule has 0 radical (unpaired) electrons.